The predicted octanol–water partition coefficient (Wildman–Crippen LogP) is 3.16. The quantitative estimate of drug-likeness (QED) is 0.786. The minimum atomic E-state index is -0.510. The van der Waals surface area contributed by atoms with Crippen molar-refractivity contribution < 1.29 is 4.79 Å². The van der Waals surface area contributed by atoms with Gasteiger partial charge in [0.05, 0.1) is 11.4 Å². The number of anilines is 2. The number of carbonyl (C=O) groups excluding carboxylic acids is 1. The van der Waals surface area contributed by atoms with Crippen LogP contribution in [0.3, 0.4) is 0 Å². The molecule has 0 aliphatic carbocycles. The highest BCUT2D eigenvalue weighted by Gasteiger charge is 2.18. The van der Waals surface area contributed by atoms with Gasteiger partial charge in [0, 0.05) is 24.1 Å². The highest BCUT2D eigenvalue weighted by molar-refractivity contribution is 7.10. The van der Waals surface area contributed by atoms with E-state index in [2.05, 4.69) is 4.37 Å². The number of hydrogen-bond acceptors (Lipinski definition) is 3. The molecule has 3 aromatic rings. The second-order valence-electron chi connectivity index (χ2n) is 4.65. The van der Waals surface area contributed by atoms with E-state index in [-0.39, 0.29) is 0 Å². The van der Waals surface area contributed by atoms with Crippen LogP contribution in [0.25, 0.3) is 10.9 Å². The number of aryl methyl sites for hydroxylation is 2. The van der Waals surface area contributed by atoms with Gasteiger partial charge in [0.25, 0.3) is 0 Å². The molecule has 0 atom stereocenters. The minimum absolute atomic E-state index is 0.510. The summed E-state index contributed by atoms with van der Waals surface area (Å²) in [5.41, 5.74) is 8.25. The zero-order valence-electron chi connectivity index (χ0n) is 11.2. The van der Waals surface area contributed by atoms with Crippen molar-refractivity contribution in [2.24, 2.45) is 12.8 Å². The van der Waals surface area contributed by atoms with Crippen molar-refractivity contribution in [1.82, 2.24) is 8.94 Å². The van der Waals surface area contributed by atoms with Crippen LogP contribution in [0.4, 0.5) is 15.5 Å². The van der Waals surface area contributed by atoms with Gasteiger partial charge >= 0.3 is 6.03 Å². The lowest BCUT2D eigenvalue weighted by atomic mass is 10.2. The SMILES string of the molecule is Cc1cc(N(C(N)=O)c2ccc3c(ccn3C)c2)sn1. The molecule has 0 radical (unpaired) electrons. The Morgan fingerprint density at radius 1 is 1.35 bits per heavy atom. The molecule has 0 saturated heterocycles. The van der Waals surface area contributed by atoms with Crippen molar-refractivity contribution in [1.29, 1.82) is 0 Å². The Balaban J connectivity index is 2.12. The first-order chi connectivity index (χ1) is 9.56. The summed E-state index contributed by atoms with van der Waals surface area (Å²) in [6, 6.07) is 9.18. The molecule has 0 fully saturated rings. The lowest BCUT2D eigenvalue weighted by molar-refractivity contribution is 0.256. The number of benzene rings is 1. The van der Waals surface area contributed by atoms with E-state index in [0.717, 1.165) is 27.3 Å². The fourth-order valence-electron chi connectivity index (χ4n) is 2.23. The van der Waals surface area contributed by atoms with Gasteiger partial charge in [-0.05, 0) is 48.8 Å². The second-order valence-corrected chi connectivity index (χ2v) is 5.43. The zero-order chi connectivity index (χ0) is 14.3. The molecule has 6 heteroatoms. The molecule has 2 amide bonds. The van der Waals surface area contributed by atoms with Crippen LogP contribution in [-0.4, -0.2) is 15.0 Å². The Morgan fingerprint density at radius 2 is 2.15 bits per heavy atom. The average molecular weight is 286 g/mol. The maximum Gasteiger partial charge on any atom is 0.324 e. The van der Waals surface area contributed by atoms with Crippen LogP contribution in [0.15, 0.2) is 36.5 Å². The molecular formula is C14H14N4OS. The van der Waals surface area contributed by atoms with E-state index in [4.69, 9.17) is 5.73 Å². The van der Waals surface area contributed by atoms with Crippen molar-refractivity contribution in [3.05, 3.63) is 42.2 Å². The molecule has 0 aliphatic rings. The van der Waals surface area contributed by atoms with Crippen LogP contribution < -0.4 is 10.6 Å². The molecule has 0 saturated carbocycles. The molecule has 5 nitrogen and oxygen atoms in total. The average Bonchev–Trinajstić information content (AvgIpc) is 2.97. The van der Waals surface area contributed by atoms with E-state index >= 15 is 0 Å². The molecule has 2 aromatic heterocycles. The lowest BCUT2D eigenvalue weighted by Crippen LogP contribution is -2.30. The van der Waals surface area contributed by atoms with E-state index in [1.807, 2.05) is 55.1 Å². The number of primary amides is 1. The normalized spacial score (nSPS) is 10.9. The summed E-state index contributed by atoms with van der Waals surface area (Å²) in [5.74, 6) is 0. The Bertz CT molecular complexity index is 789. The summed E-state index contributed by atoms with van der Waals surface area (Å²) >= 11 is 1.26. The topological polar surface area (TPSA) is 64.2 Å². The first-order valence-corrected chi connectivity index (χ1v) is 6.91. The number of fused-ring (bicyclic) bond motifs is 1. The third-order valence-electron chi connectivity index (χ3n) is 3.18. The Morgan fingerprint density at radius 3 is 2.80 bits per heavy atom. The second kappa shape index (κ2) is 4.64. The minimum Gasteiger partial charge on any atom is -0.351 e. The number of aromatic nitrogens is 2. The monoisotopic (exact) mass is 286 g/mol. The summed E-state index contributed by atoms with van der Waals surface area (Å²) < 4.78 is 6.23. The van der Waals surface area contributed by atoms with E-state index < -0.39 is 6.03 Å². The molecule has 1 aromatic carbocycles. The third kappa shape index (κ3) is 2.04. The number of nitrogens with two attached hydrogens (primary N) is 1. The molecule has 2 heterocycles. The van der Waals surface area contributed by atoms with Crippen LogP contribution in [0, 0.1) is 6.92 Å². The number of rotatable bonds is 2. The van der Waals surface area contributed by atoms with Gasteiger partial charge in [-0.3, -0.25) is 4.90 Å². The van der Waals surface area contributed by atoms with Gasteiger partial charge in [0.1, 0.15) is 5.00 Å². The fraction of sp³-hybridized carbons (Fsp3) is 0.143. The van der Waals surface area contributed by atoms with Gasteiger partial charge in [-0.25, -0.2) is 4.79 Å². The van der Waals surface area contributed by atoms with Gasteiger partial charge in [0.15, 0.2) is 0 Å². The maximum absolute atomic E-state index is 11.8. The fourth-order valence-corrected chi connectivity index (χ4v) is 3.02. The third-order valence-corrected chi connectivity index (χ3v) is 4.05. The number of urea groups is 1. The Kier molecular flexibility index (Phi) is 2.94. The number of hydrogen-bond donors (Lipinski definition) is 1. The first kappa shape index (κ1) is 12.7. The maximum atomic E-state index is 11.8. The van der Waals surface area contributed by atoms with E-state index in [1.165, 1.54) is 16.4 Å². The van der Waals surface area contributed by atoms with Crippen LogP contribution in [0.1, 0.15) is 5.69 Å². The van der Waals surface area contributed by atoms with Crippen LogP contribution >= 0.6 is 11.5 Å². The van der Waals surface area contributed by atoms with Gasteiger partial charge in [0.2, 0.25) is 0 Å². The van der Waals surface area contributed by atoms with Gasteiger partial charge in [-0.15, -0.1) is 0 Å². The summed E-state index contributed by atoms with van der Waals surface area (Å²) in [5, 5.41) is 1.79. The molecule has 3 rings (SSSR count). The number of amides is 2. The molecule has 0 bridgehead atoms. The van der Waals surface area contributed by atoms with Crippen molar-refractivity contribution in [3.8, 4) is 0 Å². The first-order valence-electron chi connectivity index (χ1n) is 6.14. The molecule has 102 valence electrons. The molecule has 2 N–H and O–H groups in total. The predicted molar refractivity (Wildman–Crippen MR) is 81.5 cm³/mol. The zero-order valence-corrected chi connectivity index (χ0v) is 12.0. The standard InChI is InChI=1S/C14H14N4OS/c1-9-7-13(20-16-9)18(14(15)19)11-3-4-12-10(8-11)5-6-17(12)2/h3-8H,1-2H3,(H2,15,19). The van der Waals surface area contributed by atoms with Crippen LogP contribution in [-0.2, 0) is 7.05 Å². The number of carbonyl (C=O) groups is 1. The number of nitrogens with zero attached hydrogens (tertiary/aromatic N) is 3. The Hall–Kier alpha value is -2.34. The van der Waals surface area contributed by atoms with Crippen molar-refractivity contribution in [2.75, 3.05) is 4.90 Å². The van der Waals surface area contributed by atoms with Crippen molar-refractivity contribution in [2.45, 2.75) is 6.92 Å². The van der Waals surface area contributed by atoms with E-state index in [9.17, 15) is 4.79 Å². The van der Waals surface area contributed by atoms with Gasteiger partial charge in [-0.2, -0.15) is 4.37 Å². The van der Waals surface area contributed by atoms with E-state index in [0.29, 0.717) is 0 Å². The lowest BCUT2D eigenvalue weighted by Gasteiger charge is -2.18. The highest BCUT2D eigenvalue weighted by atomic mass is 32.1. The van der Waals surface area contributed by atoms with Crippen LogP contribution in [0.5, 0.6) is 0 Å². The van der Waals surface area contributed by atoms with Crippen molar-refractivity contribution in [3.63, 3.8) is 0 Å². The van der Waals surface area contributed by atoms with E-state index in [1.54, 1.807) is 0 Å². The molecule has 0 aliphatic heterocycles. The molecule has 0 spiro atoms. The Labute approximate surface area is 120 Å². The largest absolute Gasteiger partial charge is 0.351 e. The highest BCUT2D eigenvalue weighted by Crippen LogP contribution is 2.31. The molecule has 0 unspecified atom stereocenters. The van der Waals surface area contributed by atoms with Crippen LogP contribution in [0.2, 0.25) is 0 Å². The summed E-state index contributed by atoms with van der Waals surface area (Å²) in [4.78, 5) is 13.3. The van der Waals surface area contributed by atoms with Gasteiger partial charge < -0.3 is 10.3 Å². The van der Waals surface area contributed by atoms with Crippen molar-refractivity contribution >= 4 is 39.2 Å². The summed E-state index contributed by atoms with van der Waals surface area (Å²) in [6.45, 7) is 1.89. The molecule has 20 heavy (non-hydrogen) atoms. The summed E-state index contributed by atoms with van der Waals surface area (Å²) in [7, 11) is 1.99. The van der Waals surface area contributed by atoms with Gasteiger partial charge in [-0.1, -0.05) is 0 Å². The smallest absolute Gasteiger partial charge is 0.324 e. The summed E-state index contributed by atoms with van der Waals surface area (Å²) in [6.07, 6.45) is 1.99. The molecular weight excluding hydrogens is 272 g/mol.